The average molecular weight is 330 g/mol. The lowest BCUT2D eigenvalue weighted by atomic mass is 9.99. The fraction of sp³-hybridized carbons (Fsp3) is 0.444. The van der Waals surface area contributed by atoms with Crippen LogP contribution in [0.15, 0.2) is 42.7 Å². The molecule has 24 heavy (non-hydrogen) atoms. The van der Waals surface area contributed by atoms with Gasteiger partial charge in [-0.05, 0) is 37.1 Å². The van der Waals surface area contributed by atoms with Crippen molar-refractivity contribution in [3.63, 3.8) is 0 Å². The molecule has 2 heterocycles. The van der Waals surface area contributed by atoms with Crippen LogP contribution in [0.3, 0.4) is 0 Å². The molecule has 0 unspecified atom stereocenters. The smallest absolute Gasteiger partial charge is 0.224 e. The summed E-state index contributed by atoms with van der Waals surface area (Å²) in [4.78, 5) is 13.9. The van der Waals surface area contributed by atoms with E-state index in [2.05, 4.69) is 17.3 Å². The van der Waals surface area contributed by atoms with Gasteiger partial charge in [0.2, 0.25) is 5.91 Å². The highest BCUT2D eigenvalue weighted by Crippen LogP contribution is 2.32. The van der Waals surface area contributed by atoms with Gasteiger partial charge in [0.1, 0.15) is 5.82 Å². The van der Waals surface area contributed by atoms with Crippen molar-refractivity contribution in [2.24, 2.45) is 0 Å². The Bertz CT molecular complexity index is 671. The summed E-state index contributed by atoms with van der Waals surface area (Å²) in [6, 6.07) is 8.55. The van der Waals surface area contributed by atoms with Crippen molar-refractivity contribution in [1.82, 2.24) is 20.0 Å². The number of rotatable bonds is 6. The number of amides is 1. The van der Waals surface area contributed by atoms with Crippen LogP contribution in [0.5, 0.6) is 0 Å². The average Bonchev–Trinajstić information content (AvgIpc) is 3.16. The van der Waals surface area contributed by atoms with E-state index in [9.17, 15) is 9.18 Å². The van der Waals surface area contributed by atoms with Crippen LogP contribution in [-0.4, -0.2) is 39.7 Å². The predicted octanol–water partition coefficient (Wildman–Crippen LogP) is 2.36. The van der Waals surface area contributed by atoms with Gasteiger partial charge in [0, 0.05) is 44.5 Å². The van der Waals surface area contributed by atoms with Gasteiger partial charge in [0.25, 0.3) is 0 Å². The summed E-state index contributed by atoms with van der Waals surface area (Å²) in [7, 11) is 1.81. The molecule has 5 nitrogen and oxygen atoms in total. The summed E-state index contributed by atoms with van der Waals surface area (Å²) in [6.07, 6.45) is 5.10. The molecule has 0 aliphatic carbocycles. The number of halogens is 1. The number of hydrogen-bond acceptors (Lipinski definition) is 3. The van der Waals surface area contributed by atoms with Gasteiger partial charge >= 0.3 is 0 Å². The maximum absolute atomic E-state index is 13.2. The summed E-state index contributed by atoms with van der Waals surface area (Å²) in [5.41, 5.74) is 0.960. The molecule has 6 heteroatoms. The fourth-order valence-electron chi connectivity index (χ4n) is 3.34. The number of nitrogens with one attached hydrogen (secondary N) is 1. The topological polar surface area (TPSA) is 50.2 Å². The highest BCUT2D eigenvalue weighted by atomic mass is 19.1. The van der Waals surface area contributed by atoms with Crippen LogP contribution in [0.25, 0.3) is 0 Å². The lowest BCUT2D eigenvalue weighted by Gasteiger charge is -2.28. The van der Waals surface area contributed by atoms with Gasteiger partial charge in [-0.15, -0.1) is 0 Å². The minimum Gasteiger partial charge on any atom is -0.337 e. The molecule has 1 amide bonds. The van der Waals surface area contributed by atoms with E-state index in [0.717, 1.165) is 18.5 Å². The maximum Gasteiger partial charge on any atom is 0.224 e. The molecular formula is C18H23FN4O. The molecule has 0 radical (unpaired) electrons. The quantitative estimate of drug-likeness (QED) is 0.885. The Morgan fingerprint density at radius 1 is 1.38 bits per heavy atom. The zero-order valence-electron chi connectivity index (χ0n) is 14.0. The van der Waals surface area contributed by atoms with Crippen LogP contribution in [-0.2, 0) is 11.3 Å². The van der Waals surface area contributed by atoms with Gasteiger partial charge in [-0.25, -0.2) is 4.39 Å². The van der Waals surface area contributed by atoms with Crippen LogP contribution in [0.4, 0.5) is 4.39 Å². The Labute approximate surface area is 141 Å². The SMILES string of the molecule is C[C@H](CCn1cccn1)N[C@H]1CC(=O)N(C)[C@@H]1c1ccc(F)cc1. The Balaban J connectivity index is 1.66. The lowest BCUT2D eigenvalue weighted by molar-refractivity contribution is -0.127. The van der Waals surface area contributed by atoms with E-state index < -0.39 is 0 Å². The number of likely N-dealkylation sites (tertiary alicyclic amines) is 1. The molecule has 1 aromatic heterocycles. The van der Waals surface area contributed by atoms with Crippen molar-refractivity contribution in [2.45, 2.75) is 44.4 Å². The number of likely N-dealkylation sites (N-methyl/N-ethyl adjacent to an activating group) is 1. The van der Waals surface area contributed by atoms with Crippen LogP contribution in [0.2, 0.25) is 0 Å². The molecule has 0 bridgehead atoms. The second-order valence-corrected chi connectivity index (χ2v) is 6.44. The molecule has 1 aliphatic rings. The lowest BCUT2D eigenvalue weighted by Crippen LogP contribution is -2.40. The van der Waals surface area contributed by atoms with E-state index >= 15 is 0 Å². The predicted molar refractivity (Wildman–Crippen MR) is 89.8 cm³/mol. The van der Waals surface area contributed by atoms with Crippen LogP contribution in [0.1, 0.15) is 31.4 Å². The normalized spacial score (nSPS) is 22.1. The monoisotopic (exact) mass is 330 g/mol. The van der Waals surface area contributed by atoms with Crippen molar-refractivity contribution in [3.05, 3.63) is 54.1 Å². The molecule has 1 aliphatic heterocycles. The first-order chi connectivity index (χ1) is 11.5. The second-order valence-electron chi connectivity index (χ2n) is 6.44. The van der Waals surface area contributed by atoms with Crippen LogP contribution >= 0.6 is 0 Å². The Morgan fingerprint density at radius 3 is 2.79 bits per heavy atom. The number of aryl methyl sites for hydroxylation is 1. The van der Waals surface area contributed by atoms with Gasteiger partial charge < -0.3 is 10.2 Å². The highest BCUT2D eigenvalue weighted by Gasteiger charge is 2.38. The Hall–Kier alpha value is -2.21. The number of aromatic nitrogens is 2. The van der Waals surface area contributed by atoms with Gasteiger partial charge in [-0.2, -0.15) is 5.10 Å². The third kappa shape index (κ3) is 3.64. The van der Waals surface area contributed by atoms with E-state index in [1.165, 1.54) is 12.1 Å². The number of carbonyl (C=O) groups is 1. The third-order valence-corrected chi connectivity index (χ3v) is 4.65. The van der Waals surface area contributed by atoms with Gasteiger partial charge in [-0.1, -0.05) is 12.1 Å². The first-order valence-corrected chi connectivity index (χ1v) is 8.29. The molecule has 3 rings (SSSR count). The first-order valence-electron chi connectivity index (χ1n) is 8.29. The van der Waals surface area contributed by atoms with Crippen LogP contribution in [0, 0.1) is 5.82 Å². The van der Waals surface area contributed by atoms with Crippen LogP contribution < -0.4 is 5.32 Å². The molecule has 0 saturated carbocycles. The second kappa shape index (κ2) is 7.13. The molecule has 1 aromatic carbocycles. The summed E-state index contributed by atoms with van der Waals surface area (Å²) in [6.45, 7) is 2.95. The minimum atomic E-state index is -0.261. The highest BCUT2D eigenvalue weighted by molar-refractivity contribution is 5.80. The number of nitrogens with zero attached hydrogens (tertiary/aromatic N) is 3. The van der Waals surface area contributed by atoms with Crippen molar-refractivity contribution in [2.75, 3.05) is 7.05 Å². The van der Waals surface area contributed by atoms with Crippen molar-refractivity contribution >= 4 is 5.91 Å². The van der Waals surface area contributed by atoms with E-state index in [0.29, 0.717) is 6.42 Å². The number of carbonyl (C=O) groups excluding carboxylic acids is 1. The van der Waals surface area contributed by atoms with E-state index in [1.807, 2.05) is 24.0 Å². The first kappa shape index (κ1) is 16.6. The van der Waals surface area contributed by atoms with Gasteiger partial charge in [-0.3, -0.25) is 9.48 Å². The standard InChI is InChI=1S/C18H23FN4O/c1-13(8-11-23-10-3-9-20-23)21-16-12-17(24)22(2)18(16)14-4-6-15(19)7-5-14/h3-7,9-10,13,16,18,21H,8,11-12H2,1-2H3/t13-,16+,18-/m1/s1. The van der Waals surface area contributed by atoms with Crippen molar-refractivity contribution < 1.29 is 9.18 Å². The summed E-state index contributed by atoms with van der Waals surface area (Å²) in [5, 5.41) is 7.77. The zero-order valence-corrected chi connectivity index (χ0v) is 14.0. The van der Waals surface area contributed by atoms with E-state index in [4.69, 9.17) is 0 Å². The number of benzene rings is 1. The molecule has 3 atom stereocenters. The molecule has 0 spiro atoms. The Kier molecular flexibility index (Phi) is 4.94. The van der Waals surface area contributed by atoms with E-state index in [-0.39, 0.29) is 29.8 Å². The van der Waals surface area contributed by atoms with Crippen molar-refractivity contribution in [3.8, 4) is 0 Å². The largest absolute Gasteiger partial charge is 0.337 e. The Morgan fingerprint density at radius 2 is 2.12 bits per heavy atom. The van der Waals surface area contributed by atoms with E-state index in [1.54, 1.807) is 23.2 Å². The molecule has 2 aromatic rings. The molecule has 1 N–H and O–H groups in total. The fourth-order valence-corrected chi connectivity index (χ4v) is 3.34. The number of hydrogen-bond donors (Lipinski definition) is 1. The summed E-state index contributed by atoms with van der Waals surface area (Å²) < 4.78 is 15.1. The minimum absolute atomic E-state index is 0.0283. The zero-order chi connectivity index (χ0) is 17.1. The third-order valence-electron chi connectivity index (χ3n) is 4.65. The molecule has 1 saturated heterocycles. The molecule has 128 valence electrons. The molecule has 1 fully saturated rings. The maximum atomic E-state index is 13.2. The summed E-state index contributed by atoms with van der Waals surface area (Å²) >= 11 is 0. The van der Waals surface area contributed by atoms with Gasteiger partial charge in [0.15, 0.2) is 0 Å². The molecular weight excluding hydrogens is 307 g/mol. The summed E-state index contributed by atoms with van der Waals surface area (Å²) in [5.74, 6) is -0.149. The van der Waals surface area contributed by atoms with Crippen molar-refractivity contribution in [1.29, 1.82) is 0 Å². The van der Waals surface area contributed by atoms with Gasteiger partial charge in [0.05, 0.1) is 6.04 Å².